The minimum absolute atomic E-state index is 0.0751. The summed E-state index contributed by atoms with van der Waals surface area (Å²) in [5, 5.41) is 0. The number of ether oxygens (including phenoxy) is 2. The third-order valence-electron chi connectivity index (χ3n) is 4.39. The van der Waals surface area contributed by atoms with E-state index in [0.29, 0.717) is 11.3 Å². The smallest absolute Gasteiger partial charge is 0.347 e. The Labute approximate surface area is 163 Å². The first-order valence-electron chi connectivity index (χ1n) is 8.77. The predicted octanol–water partition coefficient (Wildman–Crippen LogP) is 2.97. The van der Waals surface area contributed by atoms with Crippen molar-refractivity contribution in [2.75, 3.05) is 4.72 Å². The van der Waals surface area contributed by atoms with Crippen LogP contribution in [0.2, 0.25) is 0 Å². The van der Waals surface area contributed by atoms with Gasteiger partial charge in [-0.15, -0.1) is 0 Å². The second kappa shape index (κ2) is 7.63. The number of carbonyl (C=O) groups excluding carboxylic acids is 2. The summed E-state index contributed by atoms with van der Waals surface area (Å²) >= 11 is 0. The minimum atomic E-state index is -3.90. The van der Waals surface area contributed by atoms with Gasteiger partial charge in [-0.1, -0.05) is 18.2 Å². The molecule has 1 saturated heterocycles. The van der Waals surface area contributed by atoms with Crippen molar-refractivity contribution in [3.63, 3.8) is 0 Å². The molecule has 148 valence electrons. The van der Waals surface area contributed by atoms with Crippen LogP contribution in [0.3, 0.4) is 0 Å². The standard InChI is InChI=1S/C20H21NO6S/c1-12-5-4-6-15(9-12)21-28(24,25)16-8-7-13(2)17(11-16)19(22)27-18-10-14(3)26-20(18)23/h4-9,11,14,18,21H,10H2,1-3H3. The van der Waals surface area contributed by atoms with Crippen molar-refractivity contribution in [3.05, 3.63) is 59.2 Å². The second-order valence-electron chi connectivity index (χ2n) is 6.83. The van der Waals surface area contributed by atoms with Gasteiger partial charge in [0, 0.05) is 12.1 Å². The molecule has 1 heterocycles. The molecule has 0 bridgehead atoms. The van der Waals surface area contributed by atoms with Crippen molar-refractivity contribution >= 4 is 27.6 Å². The third kappa shape index (κ3) is 4.33. The van der Waals surface area contributed by atoms with Crippen molar-refractivity contribution in [2.24, 2.45) is 0 Å². The monoisotopic (exact) mass is 403 g/mol. The van der Waals surface area contributed by atoms with Crippen LogP contribution in [0.25, 0.3) is 0 Å². The number of cyclic esters (lactones) is 1. The Morgan fingerprint density at radius 2 is 1.93 bits per heavy atom. The Balaban J connectivity index is 1.84. The first kappa shape index (κ1) is 19.9. The maximum Gasteiger partial charge on any atom is 0.347 e. The first-order chi connectivity index (χ1) is 13.2. The fraction of sp³-hybridized carbons (Fsp3) is 0.300. The number of rotatable bonds is 5. The molecule has 1 N–H and O–H groups in total. The molecule has 2 unspecified atom stereocenters. The highest BCUT2D eigenvalue weighted by Gasteiger charge is 2.35. The molecule has 0 radical (unpaired) electrons. The van der Waals surface area contributed by atoms with E-state index >= 15 is 0 Å². The third-order valence-corrected chi connectivity index (χ3v) is 5.76. The summed E-state index contributed by atoms with van der Waals surface area (Å²) in [6.45, 7) is 5.23. The zero-order valence-electron chi connectivity index (χ0n) is 15.8. The Morgan fingerprint density at radius 3 is 2.57 bits per heavy atom. The molecule has 2 aromatic rings. The topological polar surface area (TPSA) is 98.8 Å². The van der Waals surface area contributed by atoms with Crippen LogP contribution in [0.5, 0.6) is 0 Å². The molecule has 7 nitrogen and oxygen atoms in total. The van der Waals surface area contributed by atoms with Gasteiger partial charge in [-0.2, -0.15) is 0 Å². The van der Waals surface area contributed by atoms with Crippen molar-refractivity contribution in [2.45, 2.75) is 44.3 Å². The van der Waals surface area contributed by atoms with Gasteiger partial charge in [0.2, 0.25) is 6.10 Å². The van der Waals surface area contributed by atoms with Crippen LogP contribution in [0.4, 0.5) is 5.69 Å². The number of nitrogens with one attached hydrogen (secondary N) is 1. The van der Waals surface area contributed by atoms with Crippen LogP contribution in [0.15, 0.2) is 47.4 Å². The fourth-order valence-corrected chi connectivity index (χ4v) is 4.00. The summed E-state index contributed by atoms with van der Waals surface area (Å²) in [5.41, 5.74) is 1.96. The van der Waals surface area contributed by atoms with Crippen molar-refractivity contribution in [1.82, 2.24) is 0 Å². The molecule has 0 saturated carbocycles. The molecule has 0 amide bonds. The highest BCUT2D eigenvalue weighted by Crippen LogP contribution is 2.23. The highest BCUT2D eigenvalue weighted by atomic mass is 32.2. The minimum Gasteiger partial charge on any atom is -0.460 e. The van der Waals surface area contributed by atoms with E-state index in [4.69, 9.17) is 9.47 Å². The molecule has 2 atom stereocenters. The predicted molar refractivity (Wildman–Crippen MR) is 103 cm³/mol. The Hall–Kier alpha value is -2.87. The van der Waals surface area contributed by atoms with Crippen LogP contribution in [0, 0.1) is 13.8 Å². The van der Waals surface area contributed by atoms with Crippen molar-refractivity contribution in [1.29, 1.82) is 0 Å². The van der Waals surface area contributed by atoms with Crippen LogP contribution in [-0.2, 0) is 24.3 Å². The molecule has 3 rings (SSSR count). The summed E-state index contributed by atoms with van der Waals surface area (Å²) in [7, 11) is -3.90. The Bertz CT molecular complexity index is 1030. The lowest BCUT2D eigenvalue weighted by atomic mass is 10.1. The average molecular weight is 403 g/mol. The van der Waals surface area contributed by atoms with Crippen LogP contribution < -0.4 is 4.72 Å². The lowest BCUT2D eigenvalue weighted by Gasteiger charge is -2.13. The number of carbonyl (C=O) groups is 2. The van der Waals surface area contributed by atoms with E-state index in [1.165, 1.54) is 18.2 Å². The summed E-state index contributed by atoms with van der Waals surface area (Å²) in [6, 6.07) is 11.1. The number of sulfonamides is 1. The van der Waals surface area contributed by atoms with E-state index in [0.717, 1.165) is 5.56 Å². The zero-order valence-corrected chi connectivity index (χ0v) is 16.6. The van der Waals surface area contributed by atoms with E-state index < -0.39 is 28.1 Å². The van der Waals surface area contributed by atoms with Gasteiger partial charge >= 0.3 is 11.9 Å². The zero-order chi connectivity index (χ0) is 20.5. The van der Waals surface area contributed by atoms with Crippen LogP contribution in [-0.4, -0.2) is 32.6 Å². The summed E-state index contributed by atoms with van der Waals surface area (Å²) < 4.78 is 38.1. The number of aryl methyl sites for hydroxylation is 2. The maximum atomic E-state index is 12.7. The van der Waals surface area contributed by atoms with Crippen molar-refractivity contribution < 1.29 is 27.5 Å². The average Bonchev–Trinajstić information content (AvgIpc) is 2.91. The molecule has 1 aliphatic heterocycles. The van der Waals surface area contributed by atoms with Gasteiger partial charge in [-0.25, -0.2) is 18.0 Å². The van der Waals surface area contributed by atoms with E-state index in [-0.39, 0.29) is 23.0 Å². The SMILES string of the molecule is Cc1cccc(NS(=O)(=O)c2ccc(C)c(C(=O)OC3CC(C)OC3=O)c2)c1. The number of benzene rings is 2. The summed E-state index contributed by atoms with van der Waals surface area (Å²) in [6.07, 6.45) is -1.03. The number of hydrogen-bond acceptors (Lipinski definition) is 6. The Kier molecular flexibility index (Phi) is 5.42. The molecule has 28 heavy (non-hydrogen) atoms. The molecule has 8 heteroatoms. The first-order valence-corrected chi connectivity index (χ1v) is 10.3. The second-order valence-corrected chi connectivity index (χ2v) is 8.51. The van der Waals surface area contributed by atoms with E-state index in [2.05, 4.69) is 4.72 Å². The molecule has 0 spiro atoms. The fourth-order valence-electron chi connectivity index (χ4n) is 2.92. The van der Waals surface area contributed by atoms with Gasteiger partial charge in [0.1, 0.15) is 6.10 Å². The van der Waals surface area contributed by atoms with E-state index in [9.17, 15) is 18.0 Å². The van der Waals surface area contributed by atoms with Gasteiger partial charge in [0.25, 0.3) is 10.0 Å². The molecule has 2 aromatic carbocycles. The van der Waals surface area contributed by atoms with E-state index in [1.54, 1.807) is 32.0 Å². The van der Waals surface area contributed by atoms with Gasteiger partial charge < -0.3 is 9.47 Å². The maximum absolute atomic E-state index is 12.7. The quantitative estimate of drug-likeness (QED) is 0.771. The van der Waals surface area contributed by atoms with Crippen LogP contribution in [0.1, 0.15) is 34.8 Å². The number of hydrogen-bond donors (Lipinski definition) is 1. The molecular weight excluding hydrogens is 382 g/mol. The van der Waals surface area contributed by atoms with Crippen LogP contribution >= 0.6 is 0 Å². The van der Waals surface area contributed by atoms with Gasteiger partial charge in [-0.05, 0) is 56.2 Å². The highest BCUT2D eigenvalue weighted by molar-refractivity contribution is 7.92. The normalized spacial score (nSPS) is 19.2. The largest absolute Gasteiger partial charge is 0.460 e. The van der Waals surface area contributed by atoms with E-state index in [1.807, 2.05) is 13.0 Å². The lowest BCUT2D eigenvalue weighted by molar-refractivity contribution is -0.147. The summed E-state index contributed by atoms with van der Waals surface area (Å²) in [5.74, 6) is -1.36. The van der Waals surface area contributed by atoms with Gasteiger partial charge in [-0.3, -0.25) is 4.72 Å². The molecule has 1 aliphatic rings. The van der Waals surface area contributed by atoms with Gasteiger partial charge in [0.05, 0.1) is 10.5 Å². The molecule has 0 aromatic heterocycles. The number of esters is 2. The van der Waals surface area contributed by atoms with Gasteiger partial charge in [0.15, 0.2) is 0 Å². The number of anilines is 1. The molecule has 1 fully saturated rings. The summed E-state index contributed by atoms with van der Waals surface area (Å²) in [4.78, 5) is 24.1. The lowest BCUT2D eigenvalue weighted by Crippen LogP contribution is -2.23. The Morgan fingerprint density at radius 1 is 1.18 bits per heavy atom. The molecule has 0 aliphatic carbocycles. The molecular formula is C20H21NO6S. The van der Waals surface area contributed by atoms with Crippen molar-refractivity contribution in [3.8, 4) is 0 Å².